The summed E-state index contributed by atoms with van der Waals surface area (Å²) in [7, 11) is 3.62. The van der Waals surface area contributed by atoms with E-state index in [4.69, 9.17) is 14.5 Å². The number of carbonyl (C=O) groups excluding carboxylic acids is 1. The molecule has 0 radical (unpaired) electrons. The Bertz CT molecular complexity index is 1480. The van der Waals surface area contributed by atoms with Crippen molar-refractivity contribution in [3.05, 3.63) is 102 Å². The maximum Gasteiger partial charge on any atom is 0.332 e. The van der Waals surface area contributed by atoms with Crippen molar-refractivity contribution in [3.63, 3.8) is 0 Å². The Morgan fingerprint density at radius 3 is 2.35 bits per heavy atom. The molecular formula is C37H46Cl2FN3O3. The van der Waals surface area contributed by atoms with Crippen LogP contribution in [-0.4, -0.2) is 60.3 Å². The highest BCUT2D eigenvalue weighted by molar-refractivity contribution is 5.85. The van der Waals surface area contributed by atoms with Crippen molar-refractivity contribution in [2.45, 2.75) is 57.5 Å². The van der Waals surface area contributed by atoms with Gasteiger partial charge >= 0.3 is 5.97 Å². The lowest BCUT2D eigenvalue weighted by atomic mass is 9.65. The molecule has 0 fully saturated rings. The average Bonchev–Trinajstić information content (AvgIpc) is 3.45. The summed E-state index contributed by atoms with van der Waals surface area (Å²) in [6.07, 6.45) is 3.77. The van der Waals surface area contributed by atoms with E-state index in [9.17, 15) is 9.18 Å². The molecule has 0 amide bonds. The molecule has 248 valence electrons. The summed E-state index contributed by atoms with van der Waals surface area (Å²) in [5, 5.41) is 0. The summed E-state index contributed by atoms with van der Waals surface area (Å²) < 4.78 is 25.5. The van der Waals surface area contributed by atoms with Gasteiger partial charge in [-0.1, -0.05) is 80.6 Å². The standard InChI is InChI=1S/C37H44FN3O3.2ClH/c1-26(2)34-31-18-17-30(38)24-29(31)19-20-37(34,44-33(42)25-43-4)21-23-41(3)22-11-16-32-39-35(27-12-7-5-8-13-27)36(40-32)28-14-9-6-10-15-28;;/h5-10,12-15,17-18,24,26,34H,11,16,19-23,25H2,1-4H3,(H,39,40);2*1H/t34-,37-;;/m0../s1. The van der Waals surface area contributed by atoms with Gasteiger partial charge in [0, 0.05) is 43.5 Å². The second-order valence-corrected chi connectivity index (χ2v) is 12.3. The van der Waals surface area contributed by atoms with Crippen LogP contribution in [0.25, 0.3) is 22.5 Å². The Balaban J connectivity index is 0.00000288. The molecule has 0 saturated carbocycles. The van der Waals surface area contributed by atoms with Crippen molar-refractivity contribution in [2.24, 2.45) is 5.92 Å². The van der Waals surface area contributed by atoms with Gasteiger partial charge in [-0.05, 0) is 62.0 Å². The quantitative estimate of drug-likeness (QED) is 0.145. The van der Waals surface area contributed by atoms with E-state index >= 15 is 0 Å². The first-order chi connectivity index (χ1) is 21.3. The maximum atomic E-state index is 14.1. The summed E-state index contributed by atoms with van der Waals surface area (Å²) in [6.45, 7) is 5.86. The van der Waals surface area contributed by atoms with Crippen molar-refractivity contribution in [3.8, 4) is 22.5 Å². The zero-order valence-corrected chi connectivity index (χ0v) is 28.8. The third-order valence-corrected chi connectivity index (χ3v) is 8.80. The summed E-state index contributed by atoms with van der Waals surface area (Å²) in [5.74, 6) is 0.566. The van der Waals surface area contributed by atoms with Gasteiger partial charge in [-0.15, -0.1) is 24.8 Å². The number of hydrogen-bond acceptors (Lipinski definition) is 5. The van der Waals surface area contributed by atoms with Crippen LogP contribution in [0.1, 0.15) is 56.0 Å². The molecule has 3 aromatic carbocycles. The number of aromatic amines is 1. The van der Waals surface area contributed by atoms with Gasteiger partial charge in [0.25, 0.3) is 0 Å². The lowest BCUT2D eigenvalue weighted by Gasteiger charge is -2.47. The first-order valence-electron chi connectivity index (χ1n) is 15.7. The van der Waals surface area contributed by atoms with E-state index in [-0.39, 0.29) is 55.0 Å². The van der Waals surface area contributed by atoms with Crippen molar-refractivity contribution >= 4 is 30.8 Å². The zero-order chi connectivity index (χ0) is 31.1. The zero-order valence-electron chi connectivity index (χ0n) is 27.1. The lowest BCUT2D eigenvalue weighted by molar-refractivity contribution is -0.172. The van der Waals surface area contributed by atoms with Crippen LogP contribution in [0.2, 0.25) is 0 Å². The third kappa shape index (κ3) is 8.77. The predicted molar refractivity (Wildman–Crippen MR) is 187 cm³/mol. The molecule has 1 aliphatic carbocycles. The van der Waals surface area contributed by atoms with Gasteiger partial charge in [0.2, 0.25) is 0 Å². The fourth-order valence-corrected chi connectivity index (χ4v) is 6.83. The second-order valence-electron chi connectivity index (χ2n) is 12.3. The number of aromatic nitrogens is 2. The highest BCUT2D eigenvalue weighted by Crippen LogP contribution is 2.48. The molecule has 0 spiro atoms. The number of imidazole rings is 1. The van der Waals surface area contributed by atoms with Crippen molar-refractivity contribution in [1.82, 2.24) is 14.9 Å². The monoisotopic (exact) mass is 669 g/mol. The van der Waals surface area contributed by atoms with E-state index < -0.39 is 5.60 Å². The van der Waals surface area contributed by atoms with Crippen LogP contribution in [0.5, 0.6) is 0 Å². The SMILES string of the molecule is COCC(=O)O[C@]1(CCN(C)CCCc2nc(-c3ccccc3)c(-c3ccccc3)[nH]2)CCc2cc(F)ccc2[C@@H]1C(C)C.Cl.Cl. The number of H-pyrrole nitrogens is 1. The summed E-state index contributed by atoms with van der Waals surface area (Å²) >= 11 is 0. The second kappa shape index (κ2) is 17.1. The molecule has 2 atom stereocenters. The number of aryl methyl sites for hydroxylation is 2. The molecule has 1 N–H and O–H groups in total. The Morgan fingerprint density at radius 2 is 1.70 bits per heavy atom. The molecule has 1 heterocycles. The van der Waals surface area contributed by atoms with E-state index in [0.29, 0.717) is 19.3 Å². The molecule has 1 aliphatic rings. The first kappa shape index (κ1) is 37.2. The number of esters is 1. The molecule has 46 heavy (non-hydrogen) atoms. The Kier molecular flexibility index (Phi) is 13.8. The third-order valence-electron chi connectivity index (χ3n) is 8.80. The molecular weight excluding hydrogens is 624 g/mol. The van der Waals surface area contributed by atoms with E-state index in [0.717, 1.165) is 65.4 Å². The number of halogens is 3. The van der Waals surface area contributed by atoms with Crippen molar-refractivity contribution < 1.29 is 18.7 Å². The van der Waals surface area contributed by atoms with Crippen molar-refractivity contribution in [2.75, 3.05) is 33.9 Å². The Morgan fingerprint density at radius 1 is 1.02 bits per heavy atom. The number of methoxy groups -OCH3 is 1. The van der Waals surface area contributed by atoms with Crippen LogP contribution in [0, 0.1) is 11.7 Å². The van der Waals surface area contributed by atoms with Crippen LogP contribution in [0.3, 0.4) is 0 Å². The number of carbonyl (C=O) groups is 1. The van der Waals surface area contributed by atoms with Gasteiger partial charge in [0.1, 0.15) is 23.8 Å². The summed E-state index contributed by atoms with van der Waals surface area (Å²) in [6, 6.07) is 25.7. The number of nitrogens with one attached hydrogen (secondary N) is 1. The molecule has 9 heteroatoms. The number of benzene rings is 3. The first-order valence-corrected chi connectivity index (χ1v) is 15.7. The summed E-state index contributed by atoms with van der Waals surface area (Å²) in [5.41, 5.74) is 5.64. The minimum Gasteiger partial charge on any atom is -0.457 e. The van der Waals surface area contributed by atoms with Gasteiger partial charge in [-0.25, -0.2) is 14.2 Å². The summed E-state index contributed by atoms with van der Waals surface area (Å²) in [4.78, 5) is 23.8. The highest BCUT2D eigenvalue weighted by atomic mass is 35.5. The Labute approximate surface area is 284 Å². The minimum absolute atomic E-state index is 0. The molecule has 0 saturated heterocycles. The topological polar surface area (TPSA) is 67.5 Å². The van der Waals surface area contributed by atoms with Crippen LogP contribution < -0.4 is 0 Å². The normalized spacial score (nSPS) is 17.2. The van der Waals surface area contributed by atoms with E-state index in [2.05, 4.69) is 55.0 Å². The van der Waals surface area contributed by atoms with Crippen LogP contribution in [0.4, 0.5) is 4.39 Å². The van der Waals surface area contributed by atoms with Crippen molar-refractivity contribution in [1.29, 1.82) is 0 Å². The highest BCUT2D eigenvalue weighted by Gasteiger charge is 2.47. The fraction of sp³-hybridized carbons (Fsp3) is 0.405. The van der Waals surface area contributed by atoms with Gasteiger partial charge in [0.05, 0.1) is 11.4 Å². The molecule has 4 aromatic rings. The maximum absolute atomic E-state index is 14.1. The smallest absolute Gasteiger partial charge is 0.332 e. The lowest BCUT2D eigenvalue weighted by Crippen LogP contribution is -2.49. The molecule has 0 aliphatic heterocycles. The minimum atomic E-state index is -0.681. The van der Waals surface area contributed by atoms with Crippen LogP contribution in [0.15, 0.2) is 78.9 Å². The van der Waals surface area contributed by atoms with Gasteiger partial charge in [-0.2, -0.15) is 0 Å². The number of ether oxygens (including phenoxy) is 2. The average molecular weight is 671 g/mol. The largest absolute Gasteiger partial charge is 0.457 e. The van der Waals surface area contributed by atoms with Gasteiger partial charge in [0.15, 0.2) is 0 Å². The fourth-order valence-electron chi connectivity index (χ4n) is 6.83. The molecule has 0 unspecified atom stereocenters. The van der Waals surface area contributed by atoms with Gasteiger partial charge in [-0.3, -0.25) is 0 Å². The molecule has 0 bridgehead atoms. The molecule has 6 nitrogen and oxygen atoms in total. The van der Waals surface area contributed by atoms with Gasteiger partial charge < -0.3 is 19.4 Å². The number of fused-ring (bicyclic) bond motifs is 1. The molecule has 5 rings (SSSR count). The van der Waals surface area contributed by atoms with E-state index in [1.165, 1.54) is 13.2 Å². The van der Waals surface area contributed by atoms with Crippen LogP contribution >= 0.6 is 24.8 Å². The predicted octanol–water partition coefficient (Wildman–Crippen LogP) is 8.30. The Hall–Kier alpha value is -3.23. The van der Waals surface area contributed by atoms with Crippen LogP contribution in [-0.2, 0) is 27.1 Å². The van der Waals surface area contributed by atoms with E-state index in [1.54, 1.807) is 6.07 Å². The number of hydrogen-bond donors (Lipinski definition) is 1. The number of rotatable bonds is 13. The number of nitrogens with zero attached hydrogens (tertiary/aromatic N) is 2. The molecule has 1 aromatic heterocycles. The van der Waals surface area contributed by atoms with E-state index in [1.807, 2.05) is 42.5 Å².